The minimum atomic E-state index is -3.72. The van der Waals surface area contributed by atoms with Gasteiger partial charge in [0, 0.05) is 25.2 Å². The van der Waals surface area contributed by atoms with Crippen LogP contribution in [0, 0.1) is 13.8 Å². The SMILES string of the molecule is CCN(Cc1ccccc1)S(=O)(=O)c1ccc(C(=O)N(CCCN(C)C)c2nc3c(C)cc(C)cc3s2)cc1. The second kappa shape index (κ2) is 12.4. The molecule has 4 rings (SSSR count). The van der Waals surface area contributed by atoms with Gasteiger partial charge in [-0.1, -0.05) is 54.7 Å². The van der Waals surface area contributed by atoms with E-state index in [0.717, 1.165) is 39.9 Å². The third-order valence-corrected chi connectivity index (χ3v) is 9.54. The summed E-state index contributed by atoms with van der Waals surface area (Å²) in [5.74, 6) is -0.192. The second-order valence-corrected chi connectivity index (χ2v) is 12.9. The van der Waals surface area contributed by atoms with Gasteiger partial charge in [-0.25, -0.2) is 13.4 Å². The van der Waals surface area contributed by atoms with Crippen molar-refractivity contribution in [3.8, 4) is 0 Å². The molecule has 0 spiro atoms. The Balaban J connectivity index is 1.61. The molecule has 3 aromatic carbocycles. The summed E-state index contributed by atoms with van der Waals surface area (Å²) in [6.45, 7) is 7.89. The molecular formula is C30H36N4O3S2. The van der Waals surface area contributed by atoms with Crippen molar-refractivity contribution in [2.24, 2.45) is 0 Å². The molecule has 4 aromatic rings. The van der Waals surface area contributed by atoms with Crippen LogP contribution < -0.4 is 4.90 Å². The van der Waals surface area contributed by atoms with E-state index in [1.807, 2.05) is 58.3 Å². The van der Waals surface area contributed by atoms with E-state index in [1.165, 1.54) is 27.8 Å². The zero-order chi connectivity index (χ0) is 28.2. The Bertz CT molecular complexity index is 1530. The van der Waals surface area contributed by atoms with Crippen LogP contribution in [-0.2, 0) is 16.6 Å². The molecule has 0 radical (unpaired) electrons. The molecule has 206 valence electrons. The zero-order valence-electron chi connectivity index (χ0n) is 23.2. The molecule has 0 saturated carbocycles. The number of aryl methyl sites for hydroxylation is 2. The molecule has 0 bridgehead atoms. The van der Waals surface area contributed by atoms with E-state index < -0.39 is 10.0 Å². The predicted octanol–water partition coefficient (Wildman–Crippen LogP) is 5.72. The first kappa shape index (κ1) is 28.9. The molecule has 0 fully saturated rings. The molecule has 1 amide bonds. The van der Waals surface area contributed by atoms with E-state index >= 15 is 0 Å². The highest BCUT2D eigenvalue weighted by Gasteiger charge is 2.25. The van der Waals surface area contributed by atoms with Crippen LogP contribution in [0.4, 0.5) is 5.13 Å². The topological polar surface area (TPSA) is 73.8 Å². The van der Waals surface area contributed by atoms with Crippen molar-refractivity contribution in [3.05, 3.63) is 89.0 Å². The average molecular weight is 565 g/mol. The number of sulfonamides is 1. The maximum atomic E-state index is 13.8. The molecule has 0 aliphatic carbocycles. The molecule has 0 aliphatic rings. The molecule has 0 unspecified atom stereocenters. The molecular weight excluding hydrogens is 528 g/mol. The minimum absolute atomic E-state index is 0.169. The fourth-order valence-corrected chi connectivity index (χ4v) is 7.13. The lowest BCUT2D eigenvalue weighted by Gasteiger charge is -2.22. The van der Waals surface area contributed by atoms with Crippen molar-refractivity contribution in [1.82, 2.24) is 14.2 Å². The van der Waals surface area contributed by atoms with Gasteiger partial charge < -0.3 is 4.90 Å². The van der Waals surface area contributed by atoms with Gasteiger partial charge in [0.2, 0.25) is 10.0 Å². The van der Waals surface area contributed by atoms with E-state index in [-0.39, 0.29) is 17.3 Å². The number of carbonyl (C=O) groups excluding carboxylic acids is 1. The van der Waals surface area contributed by atoms with Crippen molar-refractivity contribution in [2.75, 3.05) is 38.6 Å². The highest BCUT2D eigenvalue weighted by atomic mass is 32.2. The van der Waals surface area contributed by atoms with Crippen LogP contribution in [0.5, 0.6) is 0 Å². The largest absolute Gasteiger partial charge is 0.309 e. The van der Waals surface area contributed by atoms with E-state index in [9.17, 15) is 13.2 Å². The van der Waals surface area contributed by atoms with Crippen LogP contribution in [-0.4, -0.2) is 62.2 Å². The average Bonchev–Trinajstić information content (AvgIpc) is 3.34. The quantitative estimate of drug-likeness (QED) is 0.233. The van der Waals surface area contributed by atoms with Gasteiger partial charge in [-0.05, 0) is 87.9 Å². The van der Waals surface area contributed by atoms with Gasteiger partial charge >= 0.3 is 0 Å². The molecule has 9 heteroatoms. The summed E-state index contributed by atoms with van der Waals surface area (Å²) < 4.78 is 29.3. The van der Waals surface area contributed by atoms with Crippen LogP contribution in [0.15, 0.2) is 71.6 Å². The molecule has 39 heavy (non-hydrogen) atoms. The van der Waals surface area contributed by atoms with Crippen LogP contribution >= 0.6 is 11.3 Å². The smallest absolute Gasteiger partial charge is 0.260 e. The monoisotopic (exact) mass is 564 g/mol. The number of amides is 1. The van der Waals surface area contributed by atoms with Crippen LogP contribution in [0.3, 0.4) is 0 Å². The summed E-state index contributed by atoms with van der Waals surface area (Å²) in [4.78, 5) is 22.6. The van der Waals surface area contributed by atoms with Crippen molar-refractivity contribution < 1.29 is 13.2 Å². The van der Waals surface area contributed by atoms with E-state index in [2.05, 4.69) is 24.0 Å². The van der Waals surface area contributed by atoms with Gasteiger partial charge in [-0.3, -0.25) is 9.69 Å². The Hall–Kier alpha value is -3.11. The standard InChI is InChI=1S/C30H36N4O3S2/c1-6-33(21-24-11-8-7-9-12-24)39(36,37)26-15-13-25(14-16-26)29(35)34(18-10-17-32(4)5)30-31-28-23(3)19-22(2)20-27(28)38-30/h7-9,11-16,19-20H,6,10,17-18,21H2,1-5H3. The Morgan fingerprint density at radius 2 is 1.64 bits per heavy atom. The lowest BCUT2D eigenvalue weighted by molar-refractivity contribution is 0.0986. The number of aromatic nitrogens is 1. The maximum absolute atomic E-state index is 13.8. The van der Waals surface area contributed by atoms with Crippen molar-refractivity contribution in [2.45, 2.75) is 38.6 Å². The number of hydrogen-bond acceptors (Lipinski definition) is 6. The molecule has 0 N–H and O–H groups in total. The lowest BCUT2D eigenvalue weighted by atomic mass is 10.1. The summed E-state index contributed by atoms with van der Waals surface area (Å²) in [5.41, 5.74) is 4.50. The second-order valence-electron chi connectivity index (χ2n) is 9.98. The third kappa shape index (κ3) is 6.73. The van der Waals surface area contributed by atoms with E-state index in [1.54, 1.807) is 17.0 Å². The summed E-state index contributed by atoms with van der Waals surface area (Å²) in [5, 5.41) is 0.652. The number of fused-ring (bicyclic) bond motifs is 1. The van der Waals surface area contributed by atoms with Gasteiger partial charge in [0.15, 0.2) is 5.13 Å². The first-order chi connectivity index (χ1) is 18.6. The van der Waals surface area contributed by atoms with Crippen molar-refractivity contribution >= 4 is 42.6 Å². The number of nitrogens with zero attached hydrogens (tertiary/aromatic N) is 4. The molecule has 1 aromatic heterocycles. The Morgan fingerprint density at radius 3 is 2.28 bits per heavy atom. The molecule has 0 atom stereocenters. The van der Waals surface area contributed by atoms with Crippen LogP contribution in [0.2, 0.25) is 0 Å². The molecule has 0 aliphatic heterocycles. The summed E-state index contributed by atoms with van der Waals surface area (Å²) in [6, 6.07) is 20.0. The normalized spacial score (nSPS) is 12.0. The highest BCUT2D eigenvalue weighted by molar-refractivity contribution is 7.89. The van der Waals surface area contributed by atoms with Gasteiger partial charge in [-0.2, -0.15) is 4.31 Å². The predicted molar refractivity (Wildman–Crippen MR) is 160 cm³/mol. The lowest BCUT2D eigenvalue weighted by Crippen LogP contribution is -2.33. The fourth-order valence-electron chi connectivity index (χ4n) is 4.53. The minimum Gasteiger partial charge on any atom is -0.309 e. The van der Waals surface area contributed by atoms with E-state index in [4.69, 9.17) is 4.98 Å². The number of hydrogen-bond donors (Lipinski definition) is 0. The number of benzene rings is 3. The van der Waals surface area contributed by atoms with Crippen molar-refractivity contribution in [3.63, 3.8) is 0 Å². The fraction of sp³-hybridized carbons (Fsp3) is 0.333. The van der Waals surface area contributed by atoms with Crippen LogP contribution in [0.1, 0.15) is 40.4 Å². The first-order valence-corrected chi connectivity index (χ1v) is 15.3. The van der Waals surface area contributed by atoms with Gasteiger partial charge in [-0.15, -0.1) is 0 Å². The molecule has 1 heterocycles. The number of carbonyl (C=O) groups is 1. The van der Waals surface area contributed by atoms with Crippen molar-refractivity contribution in [1.29, 1.82) is 0 Å². The Kier molecular flexibility index (Phi) is 9.17. The third-order valence-electron chi connectivity index (χ3n) is 6.58. The number of anilines is 1. The zero-order valence-corrected chi connectivity index (χ0v) is 24.8. The number of rotatable bonds is 11. The highest BCUT2D eigenvalue weighted by Crippen LogP contribution is 2.32. The van der Waals surface area contributed by atoms with E-state index in [0.29, 0.717) is 23.8 Å². The van der Waals surface area contributed by atoms with Gasteiger partial charge in [0.1, 0.15) is 0 Å². The summed E-state index contributed by atoms with van der Waals surface area (Å²) in [6.07, 6.45) is 0.782. The molecule has 0 saturated heterocycles. The van der Waals surface area contributed by atoms with Crippen LogP contribution in [0.25, 0.3) is 10.2 Å². The first-order valence-electron chi connectivity index (χ1n) is 13.1. The molecule has 7 nitrogen and oxygen atoms in total. The summed E-state index contributed by atoms with van der Waals surface area (Å²) in [7, 11) is 0.291. The summed E-state index contributed by atoms with van der Waals surface area (Å²) >= 11 is 1.51. The Labute approximate surface area is 235 Å². The van der Waals surface area contributed by atoms with Gasteiger partial charge in [0.25, 0.3) is 5.91 Å². The van der Waals surface area contributed by atoms with Gasteiger partial charge in [0.05, 0.1) is 15.1 Å². The Morgan fingerprint density at radius 1 is 0.949 bits per heavy atom. The number of thiazole rings is 1. The maximum Gasteiger partial charge on any atom is 0.260 e.